The molecule has 0 bridgehead atoms. The Labute approximate surface area is 104 Å². The van der Waals surface area contributed by atoms with Crippen LogP contribution in [0.1, 0.15) is 11.1 Å². The van der Waals surface area contributed by atoms with Crippen molar-refractivity contribution in [3.63, 3.8) is 0 Å². The fraction of sp³-hybridized carbons (Fsp3) is 0.0714. The van der Waals surface area contributed by atoms with Crippen molar-refractivity contribution in [2.24, 2.45) is 5.16 Å². The first-order chi connectivity index (χ1) is 8.75. The number of rotatable bonds is 4. The van der Waals surface area contributed by atoms with E-state index >= 15 is 0 Å². The van der Waals surface area contributed by atoms with Gasteiger partial charge in [0, 0.05) is 0 Å². The Morgan fingerprint density at radius 2 is 1.78 bits per heavy atom. The average molecular weight is 247 g/mol. The molecule has 0 atom stereocenters. The molecule has 2 rings (SSSR count). The second-order valence-corrected chi connectivity index (χ2v) is 3.67. The van der Waals surface area contributed by atoms with Gasteiger partial charge < -0.3 is 4.84 Å². The summed E-state index contributed by atoms with van der Waals surface area (Å²) in [6, 6.07) is 13.0. The van der Waals surface area contributed by atoms with E-state index in [4.69, 9.17) is 4.84 Å². The molecule has 0 N–H and O–H groups in total. The van der Waals surface area contributed by atoms with Crippen LogP contribution >= 0.6 is 0 Å². The molecule has 0 amide bonds. The van der Waals surface area contributed by atoms with Crippen LogP contribution in [0.4, 0.5) is 8.78 Å². The zero-order valence-corrected chi connectivity index (χ0v) is 9.51. The maximum atomic E-state index is 12.9. The van der Waals surface area contributed by atoms with E-state index in [0.29, 0.717) is 5.56 Å². The maximum absolute atomic E-state index is 12.9. The van der Waals surface area contributed by atoms with Gasteiger partial charge in [-0.3, -0.25) is 0 Å². The molecular weight excluding hydrogens is 236 g/mol. The normalized spacial score (nSPS) is 10.8. The topological polar surface area (TPSA) is 21.6 Å². The van der Waals surface area contributed by atoms with Crippen LogP contribution in [0.2, 0.25) is 0 Å². The molecule has 0 aliphatic carbocycles. The van der Waals surface area contributed by atoms with Crippen molar-refractivity contribution in [1.82, 2.24) is 0 Å². The Morgan fingerprint density at radius 3 is 2.50 bits per heavy atom. The lowest BCUT2D eigenvalue weighted by molar-refractivity contribution is 0.132. The van der Waals surface area contributed by atoms with E-state index in [2.05, 4.69) is 5.16 Å². The van der Waals surface area contributed by atoms with Gasteiger partial charge in [0.1, 0.15) is 6.61 Å². The van der Waals surface area contributed by atoms with Crippen molar-refractivity contribution >= 4 is 6.21 Å². The van der Waals surface area contributed by atoms with E-state index in [9.17, 15) is 8.78 Å². The van der Waals surface area contributed by atoms with E-state index in [1.54, 1.807) is 6.21 Å². The molecule has 0 aromatic heterocycles. The van der Waals surface area contributed by atoms with E-state index < -0.39 is 11.6 Å². The molecule has 0 aliphatic heterocycles. The van der Waals surface area contributed by atoms with Crippen LogP contribution in [0.15, 0.2) is 53.7 Å². The second-order valence-electron chi connectivity index (χ2n) is 3.67. The summed E-state index contributed by atoms with van der Waals surface area (Å²) >= 11 is 0. The van der Waals surface area contributed by atoms with E-state index in [1.807, 2.05) is 30.3 Å². The van der Waals surface area contributed by atoms with E-state index in [-0.39, 0.29) is 6.61 Å². The average Bonchev–Trinajstić information content (AvgIpc) is 2.40. The highest BCUT2D eigenvalue weighted by atomic mass is 19.2. The molecule has 0 heterocycles. The van der Waals surface area contributed by atoms with Gasteiger partial charge >= 0.3 is 0 Å². The van der Waals surface area contributed by atoms with Crippen LogP contribution in [0.25, 0.3) is 0 Å². The third-order valence-electron chi connectivity index (χ3n) is 2.29. The lowest BCUT2D eigenvalue weighted by atomic mass is 10.2. The molecule has 0 spiro atoms. The summed E-state index contributed by atoms with van der Waals surface area (Å²) in [6.45, 7) is 0.0978. The van der Waals surface area contributed by atoms with Crippen molar-refractivity contribution in [1.29, 1.82) is 0 Å². The highest BCUT2D eigenvalue weighted by Gasteiger charge is 2.02. The fourth-order valence-corrected chi connectivity index (χ4v) is 1.38. The highest BCUT2D eigenvalue weighted by Crippen LogP contribution is 2.09. The van der Waals surface area contributed by atoms with Crippen LogP contribution in [-0.4, -0.2) is 6.21 Å². The number of nitrogens with zero attached hydrogens (tertiary/aromatic N) is 1. The summed E-state index contributed by atoms with van der Waals surface area (Å²) in [5.74, 6) is -1.75. The van der Waals surface area contributed by atoms with Crippen molar-refractivity contribution in [2.45, 2.75) is 6.61 Å². The number of benzene rings is 2. The zero-order chi connectivity index (χ0) is 12.8. The smallest absolute Gasteiger partial charge is 0.159 e. The second kappa shape index (κ2) is 5.91. The first kappa shape index (κ1) is 12.2. The lowest BCUT2D eigenvalue weighted by Gasteiger charge is -2.00. The van der Waals surface area contributed by atoms with Crippen LogP contribution in [0, 0.1) is 11.6 Å². The summed E-state index contributed by atoms with van der Waals surface area (Å²) in [4.78, 5) is 5.00. The molecule has 0 aliphatic rings. The molecular formula is C14H11F2NO. The molecule has 18 heavy (non-hydrogen) atoms. The van der Waals surface area contributed by atoms with Gasteiger partial charge in [0.15, 0.2) is 11.6 Å². The molecule has 0 radical (unpaired) electrons. The van der Waals surface area contributed by atoms with Gasteiger partial charge in [-0.05, 0) is 23.3 Å². The van der Waals surface area contributed by atoms with Gasteiger partial charge in [-0.2, -0.15) is 0 Å². The van der Waals surface area contributed by atoms with Crippen LogP contribution in [-0.2, 0) is 11.4 Å². The summed E-state index contributed by atoms with van der Waals surface area (Å²) in [5, 5.41) is 3.75. The zero-order valence-electron chi connectivity index (χ0n) is 9.51. The van der Waals surface area contributed by atoms with Crippen LogP contribution in [0.3, 0.4) is 0 Å². The third-order valence-corrected chi connectivity index (χ3v) is 2.29. The Morgan fingerprint density at radius 1 is 1.00 bits per heavy atom. The molecule has 4 heteroatoms. The summed E-state index contributed by atoms with van der Waals surface area (Å²) in [6.07, 6.45) is 1.56. The monoisotopic (exact) mass is 247 g/mol. The minimum absolute atomic E-state index is 0.0978. The Kier molecular flexibility index (Phi) is 4.02. The first-order valence-corrected chi connectivity index (χ1v) is 5.40. The standard InChI is InChI=1S/C14H11F2NO/c15-13-7-6-12(8-14(13)16)10-18-17-9-11-4-2-1-3-5-11/h1-9H,10H2. The van der Waals surface area contributed by atoms with Crippen LogP contribution in [0.5, 0.6) is 0 Å². The van der Waals surface area contributed by atoms with Gasteiger partial charge in [0.25, 0.3) is 0 Å². The predicted molar refractivity (Wildman–Crippen MR) is 65.2 cm³/mol. The van der Waals surface area contributed by atoms with Gasteiger partial charge in [0.2, 0.25) is 0 Å². The SMILES string of the molecule is Fc1ccc(CON=Cc2ccccc2)cc1F. The Bertz CT molecular complexity index is 541. The fourth-order valence-electron chi connectivity index (χ4n) is 1.38. The summed E-state index contributed by atoms with van der Waals surface area (Å²) in [5.41, 5.74) is 1.43. The quantitative estimate of drug-likeness (QED) is 0.598. The maximum Gasteiger partial charge on any atom is 0.159 e. The summed E-state index contributed by atoms with van der Waals surface area (Å²) < 4.78 is 25.5. The largest absolute Gasteiger partial charge is 0.391 e. The molecule has 0 unspecified atom stereocenters. The van der Waals surface area contributed by atoms with Gasteiger partial charge in [-0.1, -0.05) is 41.6 Å². The van der Waals surface area contributed by atoms with Crippen molar-refractivity contribution < 1.29 is 13.6 Å². The highest BCUT2D eigenvalue weighted by molar-refractivity contribution is 5.78. The minimum atomic E-state index is -0.886. The van der Waals surface area contributed by atoms with Gasteiger partial charge in [-0.15, -0.1) is 0 Å². The van der Waals surface area contributed by atoms with Gasteiger partial charge in [0.05, 0.1) is 6.21 Å². The molecule has 92 valence electrons. The molecule has 0 saturated heterocycles. The number of halogens is 2. The number of hydrogen-bond acceptors (Lipinski definition) is 2. The van der Waals surface area contributed by atoms with Gasteiger partial charge in [-0.25, -0.2) is 8.78 Å². The Hall–Kier alpha value is -2.23. The molecule has 0 fully saturated rings. The third kappa shape index (κ3) is 3.38. The van der Waals surface area contributed by atoms with Crippen molar-refractivity contribution in [2.75, 3.05) is 0 Å². The Balaban J connectivity index is 1.89. The lowest BCUT2D eigenvalue weighted by Crippen LogP contribution is -1.91. The molecule has 0 saturated carbocycles. The number of oxime groups is 1. The van der Waals surface area contributed by atoms with Crippen molar-refractivity contribution in [3.05, 3.63) is 71.3 Å². The molecule has 2 aromatic rings. The number of hydrogen-bond donors (Lipinski definition) is 0. The van der Waals surface area contributed by atoms with Crippen LogP contribution < -0.4 is 0 Å². The molecule has 2 aromatic carbocycles. The minimum Gasteiger partial charge on any atom is -0.391 e. The van der Waals surface area contributed by atoms with E-state index in [0.717, 1.165) is 17.7 Å². The van der Waals surface area contributed by atoms with E-state index in [1.165, 1.54) is 6.07 Å². The summed E-state index contributed by atoms with van der Waals surface area (Å²) in [7, 11) is 0. The first-order valence-electron chi connectivity index (χ1n) is 5.40. The van der Waals surface area contributed by atoms with Crippen molar-refractivity contribution in [3.8, 4) is 0 Å². The molecule has 2 nitrogen and oxygen atoms in total. The predicted octanol–water partition coefficient (Wildman–Crippen LogP) is 3.52.